The zero-order valence-corrected chi connectivity index (χ0v) is 11.7. The molecule has 1 heterocycles. The third-order valence-corrected chi connectivity index (χ3v) is 3.09. The molecule has 1 aromatic heterocycles. The maximum Gasteiger partial charge on any atom is 0.145 e. The molecule has 0 amide bonds. The van der Waals surface area contributed by atoms with Crippen LogP contribution >= 0.6 is 11.6 Å². The van der Waals surface area contributed by atoms with Crippen molar-refractivity contribution in [3.05, 3.63) is 58.7 Å². The first-order chi connectivity index (χ1) is 9.31. The van der Waals surface area contributed by atoms with Gasteiger partial charge in [-0.05, 0) is 30.2 Å². The molecule has 0 spiro atoms. The van der Waals surface area contributed by atoms with E-state index in [0.29, 0.717) is 30.6 Å². The number of ether oxygens (including phenoxy) is 1. The van der Waals surface area contributed by atoms with Crippen LogP contribution in [0.4, 0.5) is 5.82 Å². The Hall–Kier alpha value is -1.58. The van der Waals surface area contributed by atoms with Gasteiger partial charge in [-0.15, -0.1) is 0 Å². The number of rotatable bonds is 6. The second-order valence-electron chi connectivity index (χ2n) is 4.09. The average Bonchev–Trinajstić information content (AvgIpc) is 2.45. The Labute approximate surface area is 118 Å². The average molecular weight is 277 g/mol. The SMILES string of the molecule is CCOCc1ccccc1CNc1ncccc1Cl. The Balaban J connectivity index is 2.05. The summed E-state index contributed by atoms with van der Waals surface area (Å²) in [6, 6.07) is 11.8. The number of halogens is 1. The van der Waals surface area contributed by atoms with Crippen LogP contribution in [0, 0.1) is 0 Å². The lowest BCUT2D eigenvalue weighted by Crippen LogP contribution is -2.05. The highest BCUT2D eigenvalue weighted by molar-refractivity contribution is 6.32. The highest BCUT2D eigenvalue weighted by Gasteiger charge is 2.04. The molecular formula is C15H17ClN2O. The van der Waals surface area contributed by atoms with Gasteiger partial charge in [0, 0.05) is 19.3 Å². The molecule has 0 radical (unpaired) electrons. The van der Waals surface area contributed by atoms with Crippen molar-refractivity contribution >= 4 is 17.4 Å². The Morgan fingerprint density at radius 1 is 1.16 bits per heavy atom. The van der Waals surface area contributed by atoms with Crippen LogP contribution in [0.5, 0.6) is 0 Å². The maximum absolute atomic E-state index is 6.06. The summed E-state index contributed by atoms with van der Waals surface area (Å²) in [5.74, 6) is 0.704. The third-order valence-electron chi connectivity index (χ3n) is 2.78. The summed E-state index contributed by atoms with van der Waals surface area (Å²) in [6.07, 6.45) is 1.72. The molecule has 3 nitrogen and oxygen atoms in total. The lowest BCUT2D eigenvalue weighted by molar-refractivity contribution is 0.133. The van der Waals surface area contributed by atoms with E-state index in [-0.39, 0.29) is 0 Å². The number of hydrogen-bond donors (Lipinski definition) is 1. The minimum atomic E-state index is 0.629. The Bertz CT molecular complexity index is 531. The summed E-state index contributed by atoms with van der Waals surface area (Å²) in [7, 11) is 0. The molecular weight excluding hydrogens is 260 g/mol. The van der Waals surface area contributed by atoms with Crippen LogP contribution in [0.3, 0.4) is 0 Å². The molecule has 0 aliphatic heterocycles. The van der Waals surface area contributed by atoms with Gasteiger partial charge in [0.15, 0.2) is 0 Å². The third kappa shape index (κ3) is 3.94. The van der Waals surface area contributed by atoms with Gasteiger partial charge in [-0.3, -0.25) is 0 Å². The van der Waals surface area contributed by atoms with Gasteiger partial charge in [-0.2, -0.15) is 0 Å². The molecule has 2 aromatic rings. The predicted octanol–water partition coefficient (Wildman–Crippen LogP) is 3.88. The molecule has 0 unspecified atom stereocenters. The number of pyridine rings is 1. The molecule has 100 valence electrons. The lowest BCUT2D eigenvalue weighted by atomic mass is 10.1. The van der Waals surface area contributed by atoms with Crippen molar-refractivity contribution in [3.8, 4) is 0 Å². The van der Waals surface area contributed by atoms with Crippen molar-refractivity contribution < 1.29 is 4.74 Å². The van der Waals surface area contributed by atoms with E-state index in [4.69, 9.17) is 16.3 Å². The molecule has 0 saturated heterocycles. The summed E-state index contributed by atoms with van der Waals surface area (Å²) in [5, 5.41) is 3.88. The van der Waals surface area contributed by atoms with Crippen molar-refractivity contribution in [1.29, 1.82) is 0 Å². The number of aromatic nitrogens is 1. The molecule has 0 bridgehead atoms. The van der Waals surface area contributed by atoms with Crippen molar-refractivity contribution in [2.45, 2.75) is 20.1 Å². The van der Waals surface area contributed by atoms with Gasteiger partial charge in [-0.25, -0.2) is 4.98 Å². The second-order valence-corrected chi connectivity index (χ2v) is 4.50. The van der Waals surface area contributed by atoms with Gasteiger partial charge in [-0.1, -0.05) is 35.9 Å². The molecule has 4 heteroatoms. The fraction of sp³-hybridized carbons (Fsp3) is 0.267. The number of nitrogens with zero attached hydrogens (tertiary/aromatic N) is 1. The van der Waals surface area contributed by atoms with Gasteiger partial charge in [0.25, 0.3) is 0 Å². The first-order valence-corrected chi connectivity index (χ1v) is 6.68. The summed E-state index contributed by atoms with van der Waals surface area (Å²) >= 11 is 6.06. The number of anilines is 1. The van der Waals surface area contributed by atoms with Gasteiger partial charge in [0.2, 0.25) is 0 Å². The molecule has 1 aromatic carbocycles. The van der Waals surface area contributed by atoms with E-state index in [1.165, 1.54) is 11.1 Å². The molecule has 0 atom stereocenters. The quantitative estimate of drug-likeness (QED) is 0.869. The van der Waals surface area contributed by atoms with E-state index < -0.39 is 0 Å². The predicted molar refractivity (Wildman–Crippen MR) is 78.3 cm³/mol. The van der Waals surface area contributed by atoms with Crippen LogP contribution in [0.1, 0.15) is 18.1 Å². The molecule has 0 aliphatic rings. The zero-order valence-electron chi connectivity index (χ0n) is 10.9. The number of nitrogens with one attached hydrogen (secondary N) is 1. The van der Waals surface area contributed by atoms with E-state index in [0.717, 1.165) is 0 Å². The van der Waals surface area contributed by atoms with Crippen molar-refractivity contribution in [3.63, 3.8) is 0 Å². The molecule has 0 saturated carbocycles. The second kappa shape index (κ2) is 7.12. The van der Waals surface area contributed by atoms with Crippen molar-refractivity contribution in [2.75, 3.05) is 11.9 Å². The van der Waals surface area contributed by atoms with E-state index in [1.54, 1.807) is 6.20 Å². The van der Waals surface area contributed by atoms with Crippen LogP contribution in [-0.4, -0.2) is 11.6 Å². The molecule has 0 aliphatic carbocycles. The normalized spacial score (nSPS) is 10.4. The lowest BCUT2D eigenvalue weighted by Gasteiger charge is -2.11. The smallest absolute Gasteiger partial charge is 0.145 e. The molecule has 19 heavy (non-hydrogen) atoms. The Morgan fingerprint density at radius 3 is 2.68 bits per heavy atom. The Morgan fingerprint density at radius 2 is 1.95 bits per heavy atom. The minimum absolute atomic E-state index is 0.629. The van der Waals surface area contributed by atoms with E-state index in [2.05, 4.69) is 22.4 Å². The topological polar surface area (TPSA) is 34.1 Å². The maximum atomic E-state index is 6.06. The van der Waals surface area contributed by atoms with E-state index in [9.17, 15) is 0 Å². The van der Waals surface area contributed by atoms with Crippen LogP contribution in [0.2, 0.25) is 5.02 Å². The molecule has 0 fully saturated rings. The van der Waals surface area contributed by atoms with Gasteiger partial charge in [0.05, 0.1) is 11.6 Å². The van der Waals surface area contributed by atoms with Crippen molar-refractivity contribution in [1.82, 2.24) is 4.98 Å². The van der Waals surface area contributed by atoms with E-state index in [1.807, 2.05) is 31.2 Å². The first-order valence-electron chi connectivity index (χ1n) is 6.30. The molecule has 2 rings (SSSR count). The van der Waals surface area contributed by atoms with Crippen LogP contribution in [0.15, 0.2) is 42.6 Å². The van der Waals surface area contributed by atoms with Gasteiger partial charge < -0.3 is 10.1 Å². The summed E-state index contributed by atoms with van der Waals surface area (Å²) in [5.41, 5.74) is 2.38. The monoisotopic (exact) mass is 276 g/mol. The standard InChI is InChI=1S/C15H17ClN2O/c1-2-19-11-13-7-4-3-6-12(13)10-18-15-14(16)8-5-9-17-15/h3-9H,2,10-11H2,1H3,(H,17,18). The van der Waals surface area contributed by atoms with E-state index >= 15 is 0 Å². The van der Waals surface area contributed by atoms with Crippen LogP contribution < -0.4 is 5.32 Å². The molecule has 1 N–H and O–H groups in total. The van der Waals surface area contributed by atoms with Crippen molar-refractivity contribution in [2.24, 2.45) is 0 Å². The fourth-order valence-corrected chi connectivity index (χ4v) is 1.97. The van der Waals surface area contributed by atoms with Crippen LogP contribution in [-0.2, 0) is 17.9 Å². The highest BCUT2D eigenvalue weighted by atomic mass is 35.5. The number of hydrogen-bond acceptors (Lipinski definition) is 3. The first kappa shape index (κ1) is 13.8. The fourth-order valence-electron chi connectivity index (χ4n) is 1.78. The minimum Gasteiger partial charge on any atom is -0.377 e. The highest BCUT2D eigenvalue weighted by Crippen LogP contribution is 2.19. The Kier molecular flexibility index (Phi) is 5.19. The summed E-state index contributed by atoms with van der Waals surface area (Å²) < 4.78 is 5.47. The number of benzene rings is 1. The van der Waals surface area contributed by atoms with Gasteiger partial charge in [0.1, 0.15) is 5.82 Å². The largest absolute Gasteiger partial charge is 0.377 e. The zero-order chi connectivity index (χ0) is 13.5. The van der Waals surface area contributed by atoms with Crippen LogP contribution in [0.25, 0.3) is 0 Å². The van der Waals surface area contributed by atoms with Gasteiger partial charge >= 0.3 is 0 Å². The summed E-state index contributed by atoms with van der Waals surface area (Å²) in [6.45, 7) is 4.02. The summed E-state index contributed by atoms with van der Waals surface area (Å²) in [4.78, 5) is 4.21.